The number of sulfonamides is 1. The Hall–Kier alpha value is -2.68. The van der Waals surface area contributed by atoms with E-state index in [9.17, 15) is 13.2 Å². The van der Waals surface area contributed by atoms with Crippen LogP contribution in [0.3, 0.4) is 0 Å². The maximum absolute atomic E-state index is 13.3. The molecule has 0 saturated carbocycles. The van der Waals surface area contributed by atoms with E-state index < -0.39 is 10.0 Å². The highest BCUT2D eigenvalue weighted by molar-refractivity contribution is 7.92. The molecule has 0 radical (unpaired) electrons. The molecule has 2 aromatic carbocycles. The van der Waals surface area contributed by atoms with Gasteiger partial charge in [0.25, 0.3) is 15.9 Å². The third-order valence-electron chi connectivity index (χ3n) is 5.48. The van der Waals surface area contributed by atoms with Crippen molar-refractivity contribution in [3.05, 3.63) is 82.0 Å². The van der Waals surface area contributed by atoms with Crippen LogP contribution in [-0.2, 0) is 16.4 Å². The van der Waals surface area contributed by atoms with Gasteiger partial charge in [0.2, 0.25) is 0 Å². The van der Waals surface area contributed by atoms with Gasteiger partial charge in [-0.1, -0.05) is 30.3 Å². The van der Waals surface area contributed by atoms with Crippen LogP contribution in [0.5, 0.6) is 0 Å². The molecule has 0 fully saturated rings. The summed E-state index contributed by atoms with van der Waals surface area (Å²) in [6.45, 7) is 0.840. The number of fused-ring (bicyclic) bond motifs is 1. The van der Waals surface area contributed by atoms with Crippen LogP contribution in [0, 0.1) is 0 Å². The molecule has 1 aliphatic rings. The van der Waals surface area contributed by atoms with Crippen molar-refractivity contribution >= 4 is 33.0 Å². The molecular formula is C23H25N3O3S2. The summed E-state index contributed by atoms with van der Waals surface area (Å²) in [4.78, 5) is 16.1. The van der Waals surface area contributed by atoms with Crippen molar-refractivity contribution in [2.24, 2.45) is 0 Å². The summed E-state index contributed by atoms with van der Waals surface area (Å²) in [5.41, 5.74) is 2.06. The summed E-state index contributed by atoms with van der Waals surface area (Å²) in [5.74, 6) is -0.290. The maximum atomic E-state index is 13.3. The molecule has 4 rings (SSSR count). The van der Waals surface area contributed by atoms with Crippen molar-refractivity contribution in [3.8, 4) is 0 Å². The number of carbonyl (C=O) groups excluding carboxylic acids is 1. The molecule has 1 aliphatic heterocycles. The second kappa shape index (κ2) is 8.82. The fourth-order valence-electron chi connectivity index (χ4n) is 3.79. The first kappa shape index (κ1) is 21.5. The van der Waals surface area contributed by atoms with Crippen molar-refractivity contribution in [3.63, 3.8) is 0 Å². The van der Waals surface area contributed by atoms with Crippen LogP contribution in [-0.4, -0.2) is 46.4 Å². The van der Waals surface area contributed by atoms with Crippen molar-refractivity contribution < 1.29 is 13.2 Å². The lowest BCUT2D eigenvalue weighted by molar-refractivity contribution is 0.0942. The molecule has 0 bridgehead atoms. The number of amides is 1. The third kappa shape index (κ3) is 4.37. The van der Waals surface area contributed by atoms with Crippen LogP contribution >= 0.6 is 11.3 Å². The molecule has 0 saturated heterocycles. The van der Waals surface area contributed by atoms with Gasteiger partial charge in [-0.3, -0.25) is 9.10 Å². The van der Waals surface area contributed by atoms with Crippen LogP contribution in [0.1, 0.15) is 26.8 Å². The summed E-state index contributed by atoms with van der Waals surface area (Å²) < 4.78 is 28.0. The van der Waals surface area contributed by atoms with E-state index in [1.807, 2.05) is 55.9 Å². The molecule has 0 spiro atoms. The van der Waals surface area contributed by atoms with E-state index in [2.05, 4.69) is 10.2 Å². The number of nitrogens with zero attached hydrogens (tertiary/aromatic N) is 2. The van der Waals surface area contributed by atoms with Gasteiger partial charge in [-0.05, 0) is 61.8 Å². The average Bonchev–Trinajstić information content (AvgIpc) is 3.44. The Labute approximate surface area is 187 Å². The number of carbonyl (C=O) groups is 1. The number of hydrogen-bond donors (Lipinski definition) is 1. The van der Waals surface area contributed by atoms with Crippen molar-refractivity contribution in [2.75, 3.05) is 31.5 Å². The SMILES string of the molecule is CN(C)[C@@H](CNC(=O)c1cccc(S(=O)(=O)N2CCc3ccccc32)c1)c1cccs1. The van der Waals surface area contributed by atoms with Crippen LogP contribution in [0.4, 0.5) is 5.69 Å². The minimum Gasteiger partial charge on any atom is -0.350 e. The Morgan fingerprint density at radius 3 is 2.68 bits per heavy atom. The van der Waals surface area contributed by atoms with E-state index in [1.54, 1.807) is 29.5 Å². The predicted molar refractivity (Wildman–Crippen MR) is 124 cm³/mol. The zero-order chi connectivity index (χ0) is 22.0. The fraction of sp³-hybridized carbons (Fsp3) is 0.261. The van der Waals surface area contributed by atoms with Gasteiger partial charge in [-0.25, -0.2) is 8.42 Å². The van der Waals surface area contributed by atoms with Crippen LogP contribution in [0.2, 0.25) is 0 Å². The first-order chi connectivity index (χ1) is 14.9. The second-order valence-corrected chi connectivity index (χ2v) is 10.5. The zero-order valence-electron chi connectivity index (χ0n) is 17.5. The van der Waals surface area contributed by atoms with Gasteiger partial charge in [0, 0.05) is 23.5 Å². The van der Waals surface area contributed by atoms with Gasteiger partial charge < -0.3 is 10.2 Å². The van der Waals surface area contributed by atoms with E-state index in [1.165, 1.54) is 10.4 Å². The standard InChI is InChI=1S/C23H25N3O3S2/c1-25(2)21(22-11-6-14-30-22)16-24-23(27)18-8-5-9-19(15-18)31(28,29)26-13-12-17-7-3-4-10-20(17)26/h3-11,14-15,21H,12-13,16H2,1-2H3,(H,24,27)/t21-/m0/s1. The molecule has 31 heavy (non-hydrogen) atoms. The van der Waals surface area contributed by atoms with Gasteiger partial charge in [-0.2, -0.15) is 0 Å². The van der Waals surface area contributed by atoms with Crippen molar-refractivity contribution in [1.82, 2.24) is 10.2 Å². The molecule has 1 aromatic heterocycles. The Morgan fingerprint density at radius 2 is 1.94 bits per heavy atom. The zero-order valence-corrected chi connectivity index (χ0v) is 19.1. The van der Waals surface area contributed by atoms with Gasteiger partial charge >= 0.3 is 0 Å². The van der Waals surface area contributed by atoms with Crippen LogP contribution in [0.15, 0.2) is 70.9 Å². The smallest absolute Gasteiger partial charge is 0.264 e. The van der Waals surface area contributed by atoms with E-state index in [4.69, 9.17) is 0 Å². The van der Waals surface area contributed by atoms with Gasteiger partial charge in [0.05, 0.1) is 16.6 Å². The molecule has 162 valence electrons. The highest BCUT2D eigenvalue weighted by atomic mass is 32.2. The lowest BCUT2D eigenvalue weighted by Crippen LogP contribution is -2.34. The van der Waals surface area contributed by atoms with E-state index >= 15 is 0 Å². The number of hydrogen-bond acceptors (Lipinski definition) is 5. The molecule has 1 N–H and O–H groups in total. The average molecular weight is 456 g/mol. The van der Waals surface area contributed by atoms with Crippen molar-refractivity contribution in [2.45, 2.75) is 17.4 Å². The molecule has 0 unspecified atom stereocenters. The number of likely N-dealkylation sites (N-methyl/N-ethyl adjacent to an activating group) is 1. The number of thiophene rings is 1. The highest BCUT2D eigenvalue weighted by Crippen LogP contribution is 2.32. The summed E-state index contributed by atoms with van der Waals surface area (Å²) >= 11 is 1.64. The largest absolute Gasteiger partial charge is 0.350 e. The monoisotopic (exact) mass is 455 g/mol. The Morgan fingerprint density at radius 1 is 1.13 bits per heavy atom. The molecule has 6 nitrogen and oxygen atoms in total. The second-order valence-electron chi connectivity index (χ2n) is 7.69. The molecular weight excluding hydrogens is 430 g/mol. The normalized spacial score (nSPS) is 14.5. The summed E-state index contributed by atoms with van der Waals surface area (Å²) in [7, 11) is 0.198. The summed E-state index contributed by atoms with van der Waals surface area (Å²) in [6.07, 6.45) is 0.685. The fourth-order valence-corrected chi connectivity index (χ4v) is 6.26. The molecule has 8 heteroatoms. The Kier molecular flexibility index (Phi) is 6.13. The third-order valence-corrected chi connectivity index (χ3v) is 8.26. The van der Waals surface area contributed by atoms with E-state index in [0.29, 0.717) is 30.8 Å². The number of rotatable bonds is 7. The highest BCUT2D eigenvalue weighted by Gasteiger charge is 2.31. The number of para-hydroxylation sites is 1. The lowest BCUT2D eigenvalue weighted by Gasteiger charge is -2.23. The number of nitrogens with one attached hydrogen (secondary N) is 1. The molecule has 0 aliphatic carbocycles. The van der Waals surface area contributed by atoms with E-state index in [-0.39, 0.29) is 16.8 Å². The quantitative estimate of drug-likeness (QED) is 0.592. The predicted octanol–water partition coefficient (Wildman–Crippen LogP) is 3.53. The van der Waals surface area contributed by atoms with E-state index in [0.717, 1.165) is 10.4 Å². The molecule has 2 heterocycles. The number of anilines is 1. The van der Waals surface area contributed by atoms with Gasteiger partial charge in [0.1, 0.15) is 0 Å². The van der Waals surface area contributed by atoms with Crippen LogP contribution in [0.25, 0.3) is 0 Å². The minimum atomic E-state index is -3.74. The molecule has 1 amide bonds. The van der Waals surface area contributed by atoms with Gasteiger partial charge in [0.15, 0.2) is 0 Å². The lowest BCUT2D eigenvalue weighted by atomic mass is 10.2. The maximum Gasteiger partial charge on any atom is 0.264 e. The summed E-state index contributed by atoms with van der Waals surface area (Å²) in [6, 6.07) is 17.9. The Bertz CT molecular complexity index is 1170. The summed E-state index contributed by atoms with van der Waals surface area (Å²) in [5, 5.41) is 4.96. The molecule has 3 aromatic rings. The van der Waals surface area contributed by atoms with Crippen LogP contribution < -0.4 is 9.62 Å². The minimum absolute atomic E-state index is 0.0527. The molecule has 1 atom stereocenters. The first-order valence-corrected chi connectivity index (χ1v) is 12.4. The van der Waals surface area contributed by atoms with Gasteiger partial charge in [-0.15, -0.1) is 11.3 Å². The topological polar surface area (TPSA) is 69.7 Å². The van der Waals surface area contributed by atoms with Crippen molar-refractivity contribution in [1.29, 1.82) is 0 Å². The Balaban J connectivity index is 1.52. The first-order valence-electron chi connectivity index (χ1n) is 10.1. The number of benzene rings is 2.